The molecule has 0 saturated carbocycles. The Balaban J connectivity index is 2.59. The molecule has 1 rings (SSSR count). The molecule has 0 aromatic heterocycles. The van der Waals surface area contributed by atoms with Crippen LogP contribution in [0.4, 0.5) is 0 Å². The zero-order valence-electron chi connectivity index (χ0n) is 11.4. The number of halogens is 1. The van der Waals surface area contributed by atoms with Gasteiger partial charge in [-0.15, -0.1) is 0 Å². The van der Waals surface area contributed by atoms with Crippen molar-refractivity contribution < 1.29 is 9.53 Å². The molecule has 5 heteroatoms. The molecule has 0 aliphatic heterocycles. The number of rotatable bonds is 7. The summed E-state index contributed by atoms with van der Waals surface area (Å²) in [5.74, 6) is 0.615. The first-order valence-corrected chi connectivity index (χ1v) is 7.26. The summed E-state index contributed by atoms with van der Waals surface area (Å²) in [5, 5.41) is 2.86. The summed E-state index contributed by atoms with van der Waals surface area (Å²) < 4.78 is 6.54. The van der Waals surface area contributed by atoms with Crippen molar-refractivity contribution in [1.29, 1.82) is 0 Å². The summed E-state index contributed by atoms with van der Waals surface area (Å²) >= 11 is 3.41. The van der Waals surface area contributed by atoms with Gasteiger partial charge in [0.1, 0.15) is 5.75 Å². The van der Waals surface area contributed by atoms with Crippen molar-refractivity contribution in [3.05, 3.63) is 28.2 Å². The van der Waals surface area contributed by atoms with Gasteiger partial charge in [-0.3, -0.25) is 4.79 Å². The van der Waals surface area contributed by atoms with E-state index in [0.717, 1.165) is 22.9 Å². The molecule has 1 amide bonds. The van der Waals surface area contributed by atoms with Crippen molar-refractivity contribution in [3.8, 4) is 5.75 Å². The van der Waals surface area contributed by atoms with Crippen LogP contribution >= 0.6 is 15.9 Å². The lowest BCUT2D eigenvalue weighted by Crippen LogP contribution is -2.35. The smallest absolute Gasteiger partial charge is 0.258 e. The van der Waals surface area contributed by atoms with Gasteiger partial charge in [0.2, 0.25) is 0 Å². The van der Waals surface area contributed by atoms with Crippen LogP contribution in [0.3, 0.4) is 0 Å². The van der Waals surface area contributed by atoms with E-state index in [1.165, 1.54) is 0 Å². The number of nitrogens with two attached hydrogens (primary N) is 1. The number of nitrogens with one attached hydrogen (secondary N) is 1. The Morgan fingerprint density at radius 2 is 2.26 bits per heavy atom. The molecule has 1 atom stereocenters. The maximum Gasteiger partial charge on any atom is 0.258 e. The highest BCUT2D eigenvalue weighted by Crippen LogP contribution is 2.23. The van der Waals surface area contributed by atoms with Crippen LogP contribution in [-0.4, -0.2) is 25.1 Å². The standard InChI is InChI=1S/C14H21BrN2O2/c1-3-10(2)17-14(18)9-19-13-5-4-12(15)8-11(13)6-7-16/h4-5,8,10H,3,6-7,9,16H2,1-2H3,(H,17,18). The van der Waals surface area contributed by atoms with E-state index in [1.54, 1.807) is 0 Å². The molecule has 0 aliphatic rings. The highest BCUT2D eigenvalue weighted by atomic mass is 79.9. The second kappa shape index (κ2) is 8.17. The van der Waals surface area contributed by atoms with Crippen molar-refractivity contribution in [2.45, 2.75) is 32.7 Å². The van der Waals surface area contributed by atoms with Gasteiger partial charge < -0.3 is 15.8 Å². The number of hydrogen-bond acceptors (Lipinski definition) is 3. The van der Waals surface area contributed by atoms with Gasteiger partial charge in [0.05, 0.1) is 0 Å². The number of carbonyl (C=O) groups excluding carboxylic acids is 1. The lowest BCUT2D eigenvalue weighted by atomic mass is 10.1. The average molecular weight is 329 g/mol. The van der Waals surface area contributed by atoms with Gasteiger partial charge in [-0.2, -0.15) is 0 Å². The van der Waals surface area contributed by atoms with E-state index in [2.05, 4.69) is 21.2 Å². The minimum absolute atomic E-state index is 0.0313. The molecular formula is C14H21BrN2O2. The fourth-order valence-electron chi connectivity index (χ4n) is 1.60. The molecule has 19 heavy (non-hydrogen) atoms. The van der Waals surface area contributed by atoms with E-state index in [0.29, 0.717) is 12.3 Å². The van der Waals surface area contributed by atoms with Gasteiger partial charge in [-0.25, -0.2) is 0 Å². The first-order chi connectivity index (χ1) is 9.06. The summed E-state index contributed by atoms with van der Waals surface area (Å²) in [5.41, 5.74) is 6.58. The number of hydrogen-bond donors (Lipinski definition) is 2. The summed E-state index contributed by atoms with van der Waals surface area (Å²) in [7, 11) is 0. The van der Waals surface area contributed by atoms with Crippen LogP contribution in [0, 0.1) is 0 Å². The van der Waals surface area contributed by atoms with Crippen molar-refractivity contribution in [2.24, 2.45) is 5.73 Å². The third-order valence-corrected chi connectivity index (χ3v) is 3.31. The van der Waals surface area contributed by atoms with Crippen LogP contribution in [0.25, 0.3) is 0 Å². The van der Waals surface area contributed by atoms with Gasteiger partial charge in [-0.05, 0) is 50.1 Å². The van der Waals surface area contributed by atoms with Gasteiger partial charge in [0.25, 0.3) is 5.91 Å². The molecule has 0 bridgehead atoms. The lowest BCUT2D eigenvalue weighted by Gasteiger charge is -2.14. The average Bonchev–Trinajstić information content (AvgIpc) is 2.38. The molecule has 0 heterocycles. The predicted molar refractivity (Wildman–Crippen MR) is 80.3 cm³/mol. The fraction of sp³-hybridized carbons (Fsp3) is 0.500. The highest BCUT2D eigenvalue weighted by Gasteiger charge is 2.09. The Labute approximate surface area is 122 Å². The molecule has 106 valence electrons. The first kappa shape index (κ1) is 16.0. The summed E-state index contributed by atoms with van der Waals surface area (Å²) in [6.07, 6.45) is 1.63. The third-order valence-electron chi connectivity index (χ3n) is 2.81. The van der Waals surface area contributed by atoms with Crippen LogP contribution in [-0.2, 0) is 11.2 Å². The van der Waals surface area contributed by atoms with Crippen molar-refractivity contribution in [3.63, 3.8) is 0 Å². The van der Waals surface area contributed by atoms with Gasteiger partial charge in [0.15, 0.2) is 6.61 Å². The molecule has 4 nitrogen and oxygen atoms in total. The van der Waals surface area contributed by atoms with E-state index < -0.39 is 0 Å². The van der Waals surface area contributed by atoms with Gasteiger partial charge >= 0.3 is 0 Å². The minimum Gasteiger partial charge on any atom is -0.483 e. The highest BCUT2D eigenvalue weighted by molar-refractivity contribution is 9.10. The molecule has 0 saturated heterocycles. The van der Waals surface area contributed by atoms with Crippen LogP contribution in [0.5, 0.6) is 5.75 Å². The van der Waals surface area contributed by atoms with Crippen molar-refractivity contribution in [2.75, 3.05) is 13.2 Å². The van der Waals surface area contributed by atoms with Crippen LogP contribution in [0.2, 0.25) is 0 Å². The quantitative estimate of drug-likeness (QED) is 0.806. The maximum absolute atomic E-state index is 11.7. The largest absolute Gasteiger partial charge is 0.483 e. The van der Waals surface area contributed by atoms with Crippen molar-refractivity contribution >= 4 is 21.8 Å². The number of benzene rings is 1. The van der Waals surface area contributed by atoms with Crippen LogP contribution in [0.15, 0.2) is 22.7 Å². The van der Waals surface area contributed by atoms with Gasteiger partial charge in [0, 0.05) is 10.5 Å². The molecule has 0 radical (unpaired) electrons. The monoisotopic (exact) mass is 328 g/mol. The van der Waals surface area contributed by atoms with Crippen molar-refractivity contribution in [1.82, 2.24) is 5.32 Å². The van der Waals surface area contributed by atoms with E-state index in [-0.39, 0.29) is 18.6 Å². The fourth-order valence-corrected chi connectivity index (χ4v) is 2.01. The Morgan fingerprint density at radius 3 is 2.89 bits per heavy atom. The summed E-state index contributed by atoms with van der Waals surface area (Å²) in [6.45, 7) is 4.58. The molecular weight excluding hydrogens is 308 g/mol. The summed E-state index contributed by atoms with van der Waals surface area (Å²) in [4.78, 5) is 11.7. The van der Waals surface area contributed by atoms with Gasteiger partial charge in [-0.1, -0.05) is 22.9 Å². The SMILES string of the molecule is CCC(C)NC(=O)COc1ccc(Br)cc1CCN. The molecule has 3 N–H and O–H groups in total. The number of carbonyl (C=O) groups is 1. The Kier molecular flexibility index (Phi) is 6.87. The topological polar surface area (TPSA) is 64.3 Å². The Bertz CT molecular complexity index is 424. The molecule has 0 spiro atoms. The molecule has 1 unspecified atom stereocenters. The first-order valence-electron chi connectivity index (χ1n) is 6.47. The lowest BCUT2D eigenvalue weighted by molar-refractivity contribution is -0.123. The second-order valence-electron chi connectivity index (χ2n) is 4.46. The Morgan fingerprint density at radius 1 is 1.53 bits per heavy atom. The number of amides is 1. The maximum atomic E-state index is 11.7. The molecule has 0 fully saturated rings. The van der Waals surface area contributed by atoms with E-state index >= 15 is 0 Å². The minimum atomic E-state index is -0.101. The van der Waals surface area contributed by atoms with E-state index in [1.807, 2.05) is 32.0 Å². The Hall–Kier alpha value is -1.07. The normalized spacial score (nSPS) is 12.0. The van der Waals surface area contributed by atoms with E-state index in [4.69, 9.17) is 10.5 Å². The van der Waals surface area contributed by atoms with E-state index in [9.17, 15) is 4.79 Å². The summed E-state index contributed by atoms with van der Waals surface area (Å²) in [6, 6.07) is 5.88. The number of ether oxygens (including phenoxy) is 1. The van der Waals surface area contributed by atoms with Crippen LogP contribution < -0.4 is 15.8 Å². The molecule has 0 aliphatic carbocycles. The van der Waals surface area contributed by atoms with Crippen LogP contribution in [0.1, 0.15) is 25.8 Å². The third kappa shape index (κ3) is 5.61. The second-order valence-corrected chi connectivity index (χ2v) is 5.37. The molecule has 1 aromatic carbocycles. The predicted octanol–water partition coefficient (Wildman–Crippen LogP) is 2.24. The zero-order valence-corrected chi connectivity index (χ0v) is 13.0. The zero-order chi connectivity index (χ0) is 14.3. The molecule has 1 aromatic rings.